The van der Waals surface area contributed by atoms with Crippen molar-refractivity contribution in [2.75, 3.05) is 0 Å². The van der Waals surface area contributed by atoms with Crippen LogP contribution in [0.5, 0.6) is 0 Å². The topological polar surface area (TPSA) is 23.8 Å². The lowest BCUT2D eigenvalue weighted by atomic mass is 10.3. The van der Waals surface area contributed by atoms with Gasteiger partial charge in [0.1, 0.15) is 0 Å². The van der Waals surface area contributed by atoms with Gasteiger partial charge < -0.3 is 0 Å². The minimum Gasteiger partial charge on any atom is -0.198 e. The predicted octanol–water partition coefficient (Wildman–Crippen LogP) is 3.29. The molecular formula is C11H13N. The molecule has 0 radical (unpaired) electrons. The van der Waals surface area contributed by atoms with Gasteiger partial charge in [0, 0.05) is 6.42 Å². The van der Waals surface area contributed by atoms with Gasteiger partial charge in [-0.2, -0.15) is 5.26 Å². The number of nitriles is 1. The molecule has 0 aliphatic heterocycles. The van der Waals surface area contributed by atoms with Crippen molar-refractivity contribution in [2.45, 2.75) is 26.7 Å². The monoisotopic (exact) mass is 159 g/mol. The molecule has 0 bridgehead atoms. The number of hydrogen-bond acceptors (Lipinski definition) is 1. The molecule has 1 nitrogen and oxygen atoms in total. The normalized spacial score (nSPS) is 9.42. The molecule has 2 rings (SSSR count). The SMILES string of the molecule is CCCC#N.Cc1ccc2cc1-2. The second-order valence-corrected chi connectivity index (χ2v) is 2.94. The van der Waals surface area contributed by atoms with Gasteiger partial charge in [0.05, 0.1) is 6.07 Å². The lowest BCUT2D eigenvalue weighted by Gasteiger charge is -1.71. The molecule has 0 atom stereocenters. The van der Waals surface area contributed by atoms with Crippen LogP contribution in [0.2, 0.25) is 0 Å². The summed E-state index contributed by atoms with van der Waals surface area (Å²) in [5.74, 6) is 0. The number of fused-ring (bicyclic) bond motifs is 1. The Morgan fingerprint density at radius 1 is 1.42 bits per heavy atom. The third-order valence-electron chi connectivity index (χ3n) is 1.83. The van der Waals surface area contributed by atoms with Gasteiger partial charge in [0.15, 0.2) is 0 Å². The molecule has 0 aromatic carbocycles. The molecule has 0 unspecified atom stereocenters. The van der Waals surface area contributed by atoms with E-state index in [2.05, 4.69) is 25.1 Å². The first kappa shape index (κ1) is 8.80. The first-order valence-corrected chi connectivity index (χ1v) is 4.27. The average molecular weight is 159 g/mol. The zero-order valence-corrected chi connectivity index (χ0v) is 7.59. The van der Waals surface area contributed by atoms with Gasteiger partial charge in [-0.15, -0.1) is 0 Å². The van der Waals surface area contributed by atoms with Crippen molar-refractivity contribution in [1.29, 1.82) is 5.26 Å². The van der Waals surface area contributed by atoms with Crippen molar-refractivity contribution in [1.82, 2.24) is 0 Å². The Kier molecular flexibility index (Phi) is 2.88. The molecule has 0 fully saturated rings. The highest BCUT2D eigenvalue weighted by Gasteiger charge is 2.12. The number of hydrogen-bond donors (Lipinski definition) is 0. The average Bonchev–Trinajstić information content (AvgIpc) is 2.76. The van der Waals surface area contributed by atoms with Crippen LogP contribution in [-0.4, -0.2) is 0 Å². The van der Waals surface area contributed by atoms with Crippen LogP contribution < -0.4 is 0 Å². The zero-order chi connectivity index (χ0) is 8.97. The molecule has 0 aromatic heterocycles. The van der Waals surface area contributed by atoms with Crippen molar-refractivity contribution in [3.63, 3.8) is 0 Å². The molecule has 0 spiro atoms. The molecule has 2 aliphatic carbocycles. The quantitative estimate of drug-likeness (QED) is 0.626. The Bertz CT molecular complexity index is 307. The fourth-order valence-corrected chi connectivity index (χ4v) is 1.02. The number of aryl methyl sites for hydroxylation is 1. The molecule has 62 valence electrons. The van der Waals surface area contributed by atoms with Crippen LogP contribution in [0.3, 0.4) is 0 Å². The van der Waals surface area contributed by atoms with Crippen LogP contribution in [0, 0.1) is 18.3 Å². The summed E-state index contributed by atoms with van der Waals surface area (Å²) in [6.45, 7) is 4.13. The molecule has 0 aromatic rings. The summed E-state index contributed by atoms with van der Waals surface area (Å²) in [5, 5.41) is 7.82. The smallest absolute Gasteiger partial charge is 0.0621 e. The summed E-state index contributed by atoms with van der Waals surface area (Å²) in [6, 6.07) is 8.54. The second-order valence-electron chi connectivity index (χ2n) is 2.94. The predicted molar refractivity (Wildman–Crippen MR) is 50.7 cm³/mol. The summed E-state index contributed by atoms with van der Waals surface area (Å²) >= 11 is 0. The first-order valence-electron chi connectivity index (χ1n) is 4.27. The summed E-state index contributed by atoms with van der Waals surface area (Å²) in [5.41, 5.74) is 4.34. The van der Waals surface area contributed by atoms with E-state index in [1.54, 1.807) is 0 Å². The van der Waals surface area contributed by atoms with Gasteiger partial charge >= 0.3 is 0 Å². The Labute approximate surface area is 73.6 Å². The number of nitrogens with zero attached hydrogens (tertiary/aromatic N) is 1. The Balaban J connectivity index is 0.000000130. The van der Waals surface area contributed by atoms with Crippen LogP contribution in [0.4, 0.5) is 0 Å². The van der Waals surface area contributed by atoms with E-state index < -0.39 is 0 Å². The van der Waals surface area contributed by atoms with Crippen LogP contribution >= 0.6 is 0 Å². The first-order chi connectivity index (χ1) is 5.79. The third kappa shape index (κ3) is 2.10. The van der Waals surface area contributed by atoms with E-state index in [1.807, 2.05) is 13.0 Å². The molecule has 12 heavy (non-hydrogen) atoms. The third-order valence-corrected chi connectivity index (χ3v) is 1.83. The Morgan fingerprint density at radius 2 is 2.17 bits per heavy atom. The van der Waals surface area contributed by atoms with Gasteiger partial charge in [-0.25, -0.2) is 0 Å². The van der Waals surface area contributed by atoms with Crippen molar-refractivity contribution in [2.24, 2.45) is 0 Å². The van der Waals surface area contributed by atoms with Crippen LogP contribution in [0.1, 0.15) is 25.3 Å². The van der Waals surface area contributed by atoms with Crippen LogP contribution in [0.15, 0.2) is 18.2 Å². The highest BCUT2D eigenvalue weighted by molar-refractivity contribution is 5.84. The van der Waals surface area contributed by atoms with Gasteiger partial charge in [-0.1, -0.05) is 19.1 Å². The fraction of sp³-hybridized carbons (Fsp3) is 0.364. The van der Waals surface area contributed by atoms with E-state index in [0.717, 1.165) is 6.42 Å². The van der Waals surface area contributed by atoms with Crippen molar-refractivity contribution >= 4 is 0 Å². The molecule has 0 heterocycles. The molecule has 0 saturated heterocycles. The van der Waals surface area contributed by atoms with Gasteiger partial charge in [0.25, 0.3) is 0 Å². The minimum atomic E-state index is 0.694. The van der Waals surface area contributed by atoms with Crippen LogP contribution in [-0.2, 0) is 0 Å². The molecule has 1 heteroatoms. The summed E-state index contributed by atoms with van der Waals surface area (Å²) in [7, 11) is 0. The molecule has 0 N–H and O–H groups in total. The molecular weight excluding hydrogens is 146 g/mol. The van der Waals surface area contributed by atoms with Crippen molar-refractivity contribution in [3.05, 3.63) is 23.8 Å². The van der Waals surface area contributed by atoms with Gasteiger partial charge in [-0.05, 0) is 36.1 Å². The summed E-state index contributed by atoms with van der Waals surface area (Å²) in [4.78, 5) is 0. The fourth-order valence-electron chi connectivity index (χ4n) is 1.02. The summed E-state index contributed by atoms with van der Waals surface area (Å²) < 4.78 is 0. The van der Waals surface area contributed by atoms with Crippen LogP contribution in [0.25, 0.3) is 11.1 Å². The highest BCUT2D eigenvalue weighted by Crippen LogP contribution is 2.37. The maximum atomic E-state index is 7.82. The van der Waals surface area contributed by atoms with Crippen molar-refractivity contribution < 1.29 is 0 Å². The van der Waals surface area contributed by atoms with Crippen molar-refractivity contribution in [3.8, 4) is 17.2 Å². The number of benzene rings is 1. The number of rotatable bonds is 1. The van der Waals surface area contributed by atoms with E-state index in [9.17, 15) is 0 Å². The Morgan fingerprint density at radius 3 is 2.25 bits per heavy atom. The number of unbranched alkanes of at least 4 members (excludes halogenated alkanes) is 1. The largest absolute Gasteiger partial charge is 0.198 e. The lowest BCUT2D eigenvalue weighted by molar-refractivity contribution is 0.969. The molecule has 0 amide bonds. The standard InChI is InChI=1S/C7H6.C4H7N/c1-5-2-3-6-4-7(5)6;1-2-3-4-5/h2-4H,1H3;2-3H2,1H3. The lowest BCUT2D eigenvalue weighted by Crippen LogP contribution is -1.53. The maximum Gasteiger partial charge on any atom is 0.0621 e. The van der Waals surface area contributed by atoms with E-state index >= 15 is 0 Å². The van der Waals surface area contributed by atoms with E-state index in [-0.39, 0.29) is 0 Å². The summed E-state index contributed by atoms with van der Waals surface area (Å²) in [6.07, 6.45) is 1.68. The maximum absolute atomic E-state index is 7.82. The second kappa shape index (κ2) is 3.92. The zero-order valence-electron chi connectivity index (χ0n) is 7.59. The Hall–Kier alpha value is -1.29. The van der Waals surface area contributed by atoms with E-state index in [0.29, 0.717) is 6.42 Å². The van der Waals surface area contributed by atoms with E-state index in [4.69, 9.17) is 5.26 Å². The minimum absolute atomic E-state index is 0.694. The molecule has 0 saturated carbocycles. The van der Waals surface area contributed by atoms with Gasteiger partial charge in [0.2, 0.25) is 0 Å². The van der Waals surface area contributed by atoms with Gasteiger partial charge in [-0.3, -0.25) is 0 Å². The highest BCUT2D eigenvalue weighted by atomic mass is 14.2. The van der Waals surface area contributed by atoms with E-state index in [1.165, 1.54) is 16.7 Å². The molecule has 2 aliphatic rings.